The zero-order valence-corrected chi connectivity index (χ0v) is 8.03. The van der Waals surface area contributed by atoms with Gasteiger partial charge in [0.2, 0.25) is 0 Å². The van der Waals surface area contributed by atoms with Crippen molar-refractivity contribution in [2.45, 2.75) is 44.2 Å². The quantitative estimate of drug-likeness (QED) is 0.593. The Morgan fingerprint density at radius 1 is 1.31 bits per heavy atom. The highest BCUT2D eigenvalue weighted by Gasteiger charge is 2.44. The molecule has 2 aliphatic rings. The molecule has 0 radical (unpaired) electrons. The number of hydrogen-bond donors (Lipinski definition) is 1. The van der Waals surface area contributed by atoms with Crippen molar-refractivity contribution in [3.63, 3.8) is 0 Å². The first kappa shape index (κ1) is 9.40. The third kappa shape index (κ3) is 1.72. The number of rotatable bonds is 0. The molecule has 4 nitrogen and oxygen atoms in total. The monoisotopic (exact) mass is 188 g/mol. The summed E-state index contributed by atoms with van der Waals surface area (Å²) in [6.07, 6.45) is 0.164. The summed E-state index contributed by atoms with van der Waals surface area (Å²) in [7, 11) is 0. The van der Waals surface area contributed by atoms with Crippen molar-refractivity contribution in [1.29, 1.82) is 0 Å². The average Bonchev–Trinajstić information content (AvgIpc) is 2.06. The fraction of sp³-hybridized carbons (Fsp3) is 1.00. The van der Waals surface area contributed by atoms with E-state index in [1.54, 1.807) is 0 Å². The Kier molecular flexibility index (Phi) is 2.32. The number of hydrogen-bond acceptors (Lipinski definition) is 4. The van der Waals surface area contributed by atoms with E-state index in [0.717, 1.165) is 0 Å². The summed E-state index contributed by atoms with van der Waals surface area (Å²) in [6, 6.07) is 0. The third-order valence-electron chi connectivity index (χ3n) is 2.78. The Labute approximate surface area is 77.8 Å². The lowest BCUT2D eigenvalue weighted by molar-refractivity contribution is -0.282. The van der Waals surface area contributed by atoms with Crippen LogP contribution in [-0.4, -0.2) is 42.4 Å². The fourth-order valence-corrected chi connectivity index (χ4v) is 1.82. The molecule has 2 heterocycles. The highest BCUT2D eigenvalue weighted by atomic mass is 16.7. The summed E-state index contributed by atoms with van der Waals surface area (Å²) >= 11 is 0. The zero-order chi connectivity index (χ0) is 9.47. The SMILES string of the molecule is CC1(C)OC2COCOC2CC1O. The minimum atomic E-state index is -0.481. The second kappa shape index (κ2) is 3.20. The minimum Gasteiger partial charge on any atom is -0.390 e. The molecular weight excluding hydrogens is 172 g/mol. The van der Waals surface area contributed by atoms with Crippen molar-refractivity contribution in [1.82, 2.24) is 0 Å². The summed E-state index contributed by atoms with van der Waals surface area (Å²) in [6.45, 7) is 4.67. The predicted octanol–water partition coefficient (Wildman–Crippen LogP) is 0.288. The molecule has 1 N–H and O–H groups in total. The Balaban J connectivity index is 2.05. The maximum absolute atomic E-state index is 9.73. The maximum Gasteiger partial charge on any atom is 0.147 e. The van der Waals surface area contributed by atoms with Crippen LogP contribution in [0.1, 0.15) is 20.3 Å². The third-order valence-corrected chi connectivity index (χ3v) is 2.78. The largest absolute Gasteiger partial charge is 0.390 e. The van der Waals surface area contributed by atoms with Gasteiger partial charge < -0.3 is 19.3 Å². The van der Waals surface area contributed by atoms with E-state index in [2.05, 4.69) is 0 Å². The molecule has 0 aromatic rings. The maximum atomic E-state index is 9.73. The van der Waals surface area contributed by atoms with Crippen LogP contribution >= 0.6 is 0 Å². The molecule has 2 saturated heterocycles. The Morgan fingerprint density at radius 2 is 2.08 bits per heavy atom. The predicted molar refractivity (Wildman–Crippen MR) is 45.3 cm³/mol. The molecule has 13 heavy (non-hydrogen) atoms. The molecule has 2 aliphatic heterocycles. The van der Waals surface area contributed by atoms with Gasteiger partial charge in [0, 0.05) is 6.42 Å². The van der Waals surface area contributed by atoms with E-state index < -0.39 is 11.7 Å². The fourth-order valence-electron chi connectivity index (χ4n) is 1.82. The Morgan fingerprint density at radius 3 is 2.85 bits per heavy atom. The minimum absolute atomic E-state index is 0.00299. The van der Waals surface area contributed by atoms with E-state index in [9.17, 15) is 5.11 Å². The van der Waals surface area contributed by atoms with E-state index >= 15 is 0 Å². The molecule has 0 aromatic heterocycles. The van der Waals surface area contributed by atoms with Gasteiger partial charge in [0.15, 0.2) is 0 Å². The van der Waals surface area contributed by atoms with E-state index in [-0.39, 0.29) is 12.2 Å². The van der Waals surface area contributed by atoms with Crippen LogP contribution in [-0.2, 0) is 14.2 Å². The van der Waals surface area contributed by atoms with Crippen molar-refractivity contribution in [2.24, 2.45) is 0 Å². The van der Waals surface area contributed by atoms with E-state index in [4.69, 9.17) is 14.2 Å². The summed E-state index contributed by atoms with van der Waals surface area (Å²) in [5.74, 6) is 0. The molecule has 0 spiro atoms. The molecule has 76 valence electrons. The molecule has 0 amide bonds. The van der Waals surface area contributed by atoms with E-state index in [1.165, 1.54) is 0 Å². The lowest BCUT2D eigenvalue weighted by atomic mass is 9.90. The summed E-state index contributed by atoms with van der Waals surface area (Å²) in [5, 5.41) is 9.73. The van der Waals surface area contributed by atoms with Gasteiger partial charge in [-0.2, -0.15) is 0 Å². The van der Waals surface area contributed by atoms with Gasteiger partial charge in [-0.15, -0.1) is 0 Å². The molecule has 4 heteroatoms. The van der Waals surface area contributed by atoms with Crippen LogP contribution in [0.2, 0.25) is 0 Å². The second-order valence-corrected chi connectivity index (χ2v) is 4.21. The lowest BCUT2D eigenvalue weighted by Gasteiger charge is -2.45. The number of fused-ring (bicyclic) bond motifs is 1. The molecule has 0 saturated carbocycles. The smallest absolute Gasteiger partial charge is 0.147 e. The molecule has 2 rings (SSSR count). The van der Waals surface area contributed by atoms with Crippen molar-refractivity contribution in [2.75, 3.05) is 13.4 Å². The molecular formula is C9H16O4. The molecule has 3 atom stereocenters. The van der Waals surface area contributed by atoms with Crippen LogP contribution < -0.4 is 0 Å². The van der Waals surface area contributed by atoms with Gasteiger partial charge in [0.25, 0.3) is 0 Å². The van der Waals surface area contributed by atoms with Gasteiger partial charge in [-0.05, 0) is 13.8 Å². The molecule has 0 bridgehead atoms. The molecule has 3 unspecified atom stereocenters. The standard InChI is InChI=1S/C9H16O4/c1-9(2)8(10)3-6-7(13-9)4-11-5-12-6/h6-8,10H,3-5H2,1-2H3. The summed E-state index contributed by atoms with van der Waals surface area (Å²) in [5.41, 5.74) is -0.481. The van der Waals surface area contributed by atoms with Gasteiger partial charge >= 0.3 is 0 Å². The van der Waals surface area contributed by atoms with Crippen LogP contribution in [0, 0.1) is 0 Å². The Bertz CT molecular complexity index is 192. The Hall–Kier alpha value is -0.160. The molecule has 0 aromatic carbocycles. The average molecular weight is 188 g/mol. The van der Waals surface area contributed by atoms with Gasteiger partial charge in [-0.1, -0.05) is 0 Å². The van der Waals surface area contributed by atoms with E-state index in [1.807, 2.05) is 13.8 Å². The lowest BCUT2D eigenvalue weighted by Crippen LogP contribution is -2.56. The number of aliphatic hydroxyl groups excluding tert-OH is 1. The first-order valence-corrected chi connectivity index (χ1v) is 4.65. The highest BCUT2D eigenvalue weighted by Crippen LogP contribution is 2.31. The number of ether oxygens (including phenoxy) is 3. The van der Waals surface area contributed by atoms with Gasteiger partial charge in [-0.3, -0.25) is 0 Å². The van der Waals surface area contributed by atoms with Crippen molar-refractivity contribution < 1.29 is 19.3 Å². The van der Waals surface area contributed by atoms with Gasteiger partial charge in [0.05, 0.1) is 24.4 Å². The van der Waals surface area contributed by atoms with Gasteiger partial charge in [0.1, 0.15) is 12.9 Å². The highest BCUT2D eigenvalue weighted by molar-refractivity contribution is 4.92. The topological polar surface area (TPSA) is 47.9 Å². The summed E-state index contributed by atoms with van der Waals surface area (Å²) < 4.78 is 16.2. The molecule has 2 fully saturated rings. The second-order valence-electron chi connectivity index (χ2n) is 4.21. The van der Waals surface area contributed by atoms with Crippen LogP contribution in [0.4, 0.5) is 0 Å². The summed E-state index contributed by atoms with van der Waals surface area (Å²) in [4.78, 5) is 0. The first-order chi connectivity index (χ1) is 6.09. The van der Waals surface area contributed by atoms with Crippen LogP contribution in [0.15, 0.2) is 0 Å². The van der Waals surface area contributed by atoms with Crippen LogP contribution in [0.25, 0.3) is 0 Å². The normalized spacial score (nSPS) is 44.1. The number of aliphatic hydroxyl groups is 1. The molecule has 0 aliphatic carbocycles. The van der Waals surface area contributed by atoms with Crippen molar-refractivity contribution in [3.05, 3.63) is 0 Å². The van der Waals surface area contributed by atoms with E-state index in [0.29, 0.717) is 19.8 Å². The van der Waals surface area contributed by atoms with Crippen molar-refractivity contribution in [3.8, 4) is 0 Å². The first-order valence-electron chi connectivity index (χ1n) is 4.65. The van der Waals surface area contributed by atoms with Crippen molar-refractivity contribution >= 4 is 0 Å². The van der Waals surface area contributed by atoms with Crippen LogP contribution in [0.5, 0.6) is 0 Å². The zero-order valence-electron chi connectivity index (χ0n) is 8.03. The van der Waals surface area contributed by atoms with Gasteiger partial charge in [-0.25, -0.2) is 0 Å². The van der Waals surface area contributed by atoms with Crippen LogP contribution in [0.3, 0.4) is 0 Å².